The molecule has 0 spiro atoms. The summed E-state index contributed by atoms with van der Waals surface area (Å²) in [5, 5.41) is 0. The maximum Gasteiger partial charge on any atom is 0.123 e. The van der Waals surface area contributed by atoms with Gasteiger partial charge in [0.2, 0.25) is 0 Å². The number of halogens is 1. The van der Waals surface area contributed by atoms with Gasteiger partial charge in [0.1, 0.15) is 5.75 Å². The van der Waals surface area contributed by atoms with Crippen molar-refractivity contribution in [3.8, 4) is 5.75 Å². The number of unbranched alkanes of at least 4 members (excludes halogenated alkanes) is 4. The molecule has 0 aliphatic rings. The van der Waals surface area contributed by atoms with E-state index in [1.165, 1.54) is 25.7 Å². The van der Waals surface area contributed by atoms with Crippen LogP contribution in [0.5, 0.6) is 5.75 Å². The number of para-hydroxylation sites is 1. The highest BCUT2D eigenvalue weighted by molar-refractivity contribution is 6.17. The van der Waals surface area contributed by atoms with E-state index >= 15 is 0 Å². The lowest BCUT2D eigenvalue weighted by molar-refractivity contribution is 0.302. The Morgan fingerprint density at radius 1 is 1.06 bits per heavy atom. The molecule has 0 atom stereocenters. The molecule has 0 unspecified atom stereocenters. The number of hydrogen-bond donors (Lipinski definition) is 0. The lowest BCUT2D eigenvalue weighted by Crippen LogP contribution is -1.99. The zero-order chi connectivity index (χ0) is 11.6. The second kappa shape index (κ2) is 8.46. The van der Waals surface area contributed by atoms with Gasteiger partial charge in [-0.1, -0.05) is 50.8 Å². The average Bonchev–Trinajstić information content (AvgIpc) is 2.34. The van der Waals surface area contributed by atoms with Crippen LogP contribution in [0, 0.1) is 0 Å². The predicted molar refractivity (Wildman–Crippen MR) is 70.3 cm³/mol. The first kappa shape index (κ1) is 13.4. The largest absolute Gasteiger partial charge is 0.493 e. The molecule has 1 nitrogen and oxygen atoms in total. The number of rotatable bonds is 8. The van der Waals surface area contributed by atoms with Crippen LogP contribution in [0.4, 0.5) is 0 Å². The van der Waals surface area contributed by atoms with Crippen LogP contribution >= 0.6 is 11.6 Å². The zero-order valence-corrected chi connectivity index (χ0v) is 10.8. The highest BCUT2D eigenvalue weighted by Crippen LogP contribution is 2.20. The summed E-state index contributed by atoms with van der Waals surface area (Å²) >= 11 is 5.83. The summed E-state index contributed by atoms with van der Waals surface area (Å²) in [6.45, 7) is 3.03. The predicted octanol–water partition coefficient (Wildman–Crippen LogP) is 4.77. The minimum Gasteiger partial charge on any atom is -0.493 e. The Labute approximate surface area is 104 Å². The summed E-state index contributed by atoms with van der Waals surface area (Å²) in [6.07, 6.45) is 6.33. The van der Waals surface area contributed by atoms with E-state index in [4.69, 9.17) is 16.3 Å². The van der Waals surface area contributed by atoms with Gasteiger partial charge in [0.15, 0.2) is 0 Å². The van der Waals surface area contributed by atoms with Gasteiger partial charge >= 0.3 is 0 Å². The van der Waals surface area contributed by atoms with Crippen molar-refractivity contribution in [1.82, 2.24) is 0 Å². The fourth-order valence-corrected chi connectivity index (χ4v) is 1.86. The Hall–Kier alpha value is -0.690. The van der Waals surface area contributed by atoms with Crippen molar-refractivity contribution >= 4 is 11.6 Å². The van der Waals surface area contributed by atoms with E-state index < -0.39 is 0 Å². The van der Waals surface area contributed by atoms with Crippen molar-refractivity contribution < 1.29 is 4.74 Å². The molecule has 0 saturated carbocycles. The van der Waals surface area contributed by atoms with Gasteiger partial charge in [0, 0.05) is 5.56 Å². The minimum absolute atomic E-state index is 0.520. The molecule has 0 aliphatic carbocycles. The molecular formula is C14H21ClO. The first-order valence-electron chi connectivity index (χ1n) is 6.15. The topological polar surface area (TPSA) is 9.23 Å². The summed E-state index contributed by atoms with van der Waals surface area (Å²) in [5.74, 6) is 1.46. The van der Waals surface area contributed by atoms with Crippen LogP contribution in [-0.4, -0.2) is 6.61 Å². The van der Waals surface area contributed by atoms with E-state index in [-0.39, 0.29) is 0 Å². The Kier molecular flexibility index (Phi) is 7.07. The molecule has 0 heterocycles. The second-order valence-electron chi connectivity index (χ2n) is 4.00. The number of benzene rings is 1. The summed E-state index contributed by atoms with van der Waals surface area (Å²) in [7, 11) is 0. The molecule has 0 N–H and O–H groups in total. The quantitative estimate of drug-likeness (QED) is 0.470. The number of hydrogen-bond acceptors (Lipinski definition) is 1. The fourth-order valence-electron chi connectivity index (χ4n) is 1.64. The smallest absolute Gasteiger partial charge is 0.123 e. The molecule has 0 aliphatic heterocycles. The Morgan fingerprint density at radius 3 is 2.56 bits per heavy atom. The maximum absolute atomic E-state index is 5.83. The molecule has 0 bridgehead atoms. The van der Waals surface area contributed by atoms with Gasteiger partial charge in [-0.3, -0.25) is 0 Å². The van der Waals surface area contributed by atoms with Crippen molar-refractivity contribution in [3.05, 3.63) is 29.8 Å². The second-order valence-corrected chi connectivity index (χ2v) is 4.27. The highest BCUT2D eigenvalue weighted by Gasteiger charge is 2.00. The molecule has 0 aromatic heterocycles. The summed E-state index contributed by atoms with van der Waals surface area (Å²) < 4.78 is 5.72. The maximum atomic E-state index is 5.83. The van der Waals surface area contributed by atoms with Gasteiger partial charge in [-0.2, -0.15) is 0 Å². The van der Waals surface area contributed by atoms with Crippen molar-refractivity contribution in [3.63, 3.8) is 0 Å². The third-order valence-electron chi connectivity index (χ3n) is 2.62. The SMILES string of the molecule is CCCCCCCOc1ccccc1CCl. The van der Waals surface area contributed by atoms with Crippen LogP contribution in [0.1, 0.15) is 44.6 Å². The van der Waals surface area contributed by atoms with Gasteiger partial charge in [-0.15, -0.1) is 11.6 Å². The standard InChI is InChI=1S/C14H21ClO/c1-2-3-4-5-8-11-16-14-10-7-6-9-13(14)12-15/h6-7,9-10H,2-5,8,11-12H2,1H3. The number of alkyl halides is 1. The van der Waals surface area contributed by atoms with Crippen LogP contribution < -0.4 is 4.74 Å². The fraction of sp³-hybridized carbons (Fsp3) is 0.571. The van der Waals surface area contributed by atoms with Crippen LogP contribution in [-0.2, 0) is 5.88 Å². The van der Waals surface area contributed by atoms with E-state index in [1.807, 2.05) is 24.3 Å². The number of ether oxygens (including phenoxy) is 1. The Bertz CT molecular complexity index is 286. The monoisotopic (exact) mass is 240 g/mol. The van der Waals surface area contributed by atoms with Gasteiger partial charge < -0.3 is 4.74 Å². The summed E-state index contributed by atoms with van der Waals surface area (Å²) in [6, 6.07) is 7.98. The minimum atomic E-state index is 0.520. The Balaban J connectivity index is 2.21. The van der Waals surface area contributed by atoms with Gasteiger partial charge in [-0.05, 0) is 12.5 Å². The van der Waals surface area contributed by atoms with Crippen molar-refractivity contribution in [1.29, 1.82) is 0 Å². The average molecular weight is 241 g/mol. The molecule has 1 aromatic rings. The molecule has 0 fully saturated rings. The molecule has 0 amide bonds. The lowest BCUT2D eigenvalue weighted by atomic mass is 10.2. The molecule has 16 heavy (non-hydrogen) atoms. The highest BCUT2D eigenvalue weighted by atomic mass is 35.5. The molecule has 0 radical (unpaired) electrons. The van der Waals surface area contributed by atoms with Crippen molar-refractivity contribution in [2.75, 3.05) is 6.61 Å². The third-order valence-corrected chi connectivity index (χ3v) is 2.91. The summed E-state index contributed by atoms with van der Waals surface area (Å²) in [4.78, 5) is 0. The van der Waals surface area contributed by atoms with Crippen LogP contribution in [0.25, 0.3) is 0 Å². The zero-order valence-electron chi connectivity index (χ0n) is 10.0. The molecule has 90 valence electrons. The van der Waals surface area contributed by atoms with Crippen LogP contribution in [0.3, 0.4) is 0 Å². The van der Waals surface area contributed by atoms with Gasteiger partial charge in [0.05, 0.1) is 12.5 Å². The van der Waals surface area contributed by atoms with E-state index in [0.29, 0.717) is 5.88 Å². The first-order chi connectivity index (χ1) is 7.88. The Morgan fingerprint density at radius 2 is 1.81 bits per heavy atom. The summed E-state index contributed by atoms with van der Waals surface area (Å²) in [5.41, 5.74) is 1.08. The molecular weight excluding hydrogens is 220 g/mol. The third kappa shape index (κ3) is 4.89. The van der Waals surface area contributed by atoms with E-state index in [0.717, 1.165) is 24.3 Å². The van der Waals surface area contributed by atoms with Gasteiger partial charge in [-0.25, -0.2) is 0 Å². The molecule has 1 rings (SSSR count). The first-order valence-corrected chi connectivity index (χ1v) is 6.68. The van der Waals surface area contributed by atoms with E-state index in [1.54, 1.807) is 0 Å². The molecule has 0 saturated heterocycles. The van der Waals surface area contributed by atoms with E-state index in [9.17, 15) is 0 Å². The van der Waals surface area contributed by atoms with Crippen LogP contribution in [0.2, 0.25) is 0 Å². The van der Waals surface area contributed by atoms with Crippen molar-refractivity contribution in [2.24, 2.45) is 0 Å². The normalized spacial score (nSPS) is 10.4. The van der Waals surface area contributed by atoms with Crippen LogP contribution in [0.15, 0.2) is 24.3 Å². The van der Waals surface area contributed by atoms with Gasteiger partial charge in [0.25, 0.3) is 0 Å². The molecule has 2 heteroatoms. The lowest BCUT2D eigenvalue weighted by Gasteiger charge is -2.09. The van der Waals surface area contributed by atoms with E-state index in [2.05, 4.69) is 6.92 Å². The molecule has 1 aromatic carbocycles. The van der Waals surface area contributed by atoms with Crippen molar-refractivity contribution in [2.45, 2.75) is 44.9 Å².